The Kier molecular flexibility index (Phi) is 4.14. The Balaban J connectivity index is 1.61. The van der Waals surface area contributed by atoms with Crippen LogP contribution in [0.2, 0.25) is 0 Å². The number of aromatic nitrogens is 2. The molecule has 29 heavy (non-hydrogen) atoms. The Morgan fingerprint density at radius 1 is 1.24 bits per heavy atom. The molecule has 0 aliphatic carbocycles. The van der Waals surface area contributed by atoms with Crippen molar-refractivity contribution in [2.45, 2.75) is 24.6 Å². The first-order valence-electron chi connectivity index (χ1n) is 9.16. The maximum atomic E-state index is 13.6. The smallest absolute Gasteiger partial charge is 0.421 e. The normalized spacial score (nSPS) is 21.3. The van der Waals surface area contributed by atoms with Crippen LogP contribution in [0, 0.1) is 5.82 Å². The molecular formula is C19H17F3N4O3. The highest BCUT2D eigenvalue weighted by Crippen LogP contribution is 2.39. The van der Waals surface area contributed by atoms with E-state index in [9.17, 15) is 13.2 Å². The van der Waals surface area contributed by atoms with E-state index in [0.29, 0.717) is 42.4 Å². The van der Waals surface area contributed by atoms with E-state index in [1.165, 1.54) is 24.3 Å². The molecule has 2 N–H and O–H groups in total. The van der Waals surface area contributed by atoms with Gasteiger partial charge in [-0.15, -0.1) is 0 Å². The third-order valence-electron chi connectivity index (χ3n) is 5.13. The lowest BCUT2D eigenvalue weighted by atomic mass is 9.92. The summed E-state index contributed by atoms with van der Waals surface area (Å²) in [6.07, 6.45) is -1.62. The number of nitrogens with zero attached hydrogens (tertiary/aromatic N) is 3. The number of rotatable bonds is 5. The second kappa shape index (κ2) is 6.60. The summed E-state index contributed by atoms with van der Waals surface area (Å²) in [4.78, 5) is 10.4. The molecule has 2 unspecified atom stereocenters. The molecule has 0 spiro atoms. The molecule has 0 radical (unpaired) electrons. The van der Waals surface area contributed by atoms with E-state index in [4.69, 9.17) is 9.52 Å². The fourth-order valence-electron chi connectivity index (χ4n) is 3.79. The van der Waals surface area contributed by atoms with Crippen molar-refractivity contribution in [1.29, 1.82) is 0 Å². The fraction of sp³-hybridized carbons (Fsp3) is 0.368. The second-order valence-electron chi connectivity index (χ2n) is 7.25. The quantitative estimate of drug-likeness (QED) is 0.674. The number of halogens is 3. The van der Waals surface area contributed by atoms with Gasteiger partial charge in [-0.3, -0.25) is 4.98 Å². The Hall–Kier alpha value is -2.85. The van der Waals surface area contributed by atoms with E-state index in [2.05, 4.69) is 20.0 Å². The Morgan fingerprint density at radius 3 is 2.66 bits per heavy atom. The summed E-state index contributed by atoms with van der Waals surface area (Å²) in [5, 5.41) is 12.2. The van der Waals surface area contributed by atoms with Crippen molar-refractivity contribution in [3.63, 3.8) is 0 Å². The summed E-state index contributed by atoms with van der Waals surface area (Å²) < 4.78 is 51.2. The van der Waals surface area contributed by atoms with Crippen LogP contribution in [-0.4, -0.2) is 53.0 Å². The molecule has 2 bridgehead atoms. The SMILES string of the molecule is OCC(F)(F)Oc1ccc(-c2ccc(F)cn2)c2oc(N3CC4CC(C3)N4)nc12. The molecule has 2 aromatic heterocycles. The molecule has 0 amide bonds. The lowest BCUT2D eigenvalue weighted by Crippen LogP contribution is -2.67. The van der Waals surface area contributed by atoms with Gasteiger partial charge in [-0.1, -0.05) is 0 Å². The van der Waals surface area contributed by atoms with Gasteiger partial charge in [0.15, 0.2) is 16.8 Å². The largest absolute Gasteiger partial charge is 0.428 e. The molecule has 10 heteroatoms. The third-order valence-corrected chi connectivity index (χ3v) is 5.13. The van der Waals surface area contributed by atoms with Crippen molar-refractivity contribution >= 4 is 17.1 Å². The van der Waals surface area contributed by atoms with Crippen LogP contribution in [0.4, 0.5) is 19.2 Å². The summed E-state index contributed by atoms with van der Waals surface area (Å²) in [5.41, 5.74) is 1.17. The summed E-state index contributed by atoms with van der Waals surface area (Å²) in [5.74, 6) is -0.717. The van der Waals surface area contributed by atoms with E-state index < -0.39 is 18.5 Å². The lowest BCUT2D eigenvalue weighted by molar-refractivity contribution is -0.200. The zero-order chi connectivity index (χ0) is 20.2. The number of piperazine rings is 1. The minimum absolute atomic E-state index is 0.0870. The highest BCUT2D eigenvalue weighted by Gasteiger charge is 2.38. The van der Waals surface area contributed by atoms with Crippen molar-refractivity contribution in [1.82, 2.24) is 15.3 Å². The molecule has 3 aliphatic heterocycles. The second-order valence-corrected chi connectivity index (χ2v) is 7.25. The van der Waals surface area contributed by atoms with Gasteiger partial charge in [0, 0.05) is 30.7 Å². The molecule has 3 aromatic rings. The van der Waals surface area contributed by atoms with Crippen LogP contribution in [0.5, 0.6) is 5.75 Å². The average molecular weight is 406 g/mol. The van der Waals surface area contributed by atoms with E-state index in [-0.39, 0.29) is 16.8 Å². The predicted octanol–water partition coefficient (Wildman–Crippen LogP) is 2.54. The molecular weight excluding hydrogens is 389 g/mol. The standard InChI is InChI=1S/C19H17F3N4O3/c20-10-1-3-14(23-6-10)13-2-4-15(29-19(21,22)9-27)16-17(13)28-18(25-16)26-7-11-5-12(8-26)24-11/h1-4,6,11-12,24,27H,5,7-9H2. The van der Waals surface area contributed by atoms with Crippen molar-refractivity contribution in [3.05, 3.63) is 36.3 Å². The van der Waals surface area contributed by atoms with Gasteiger partial charge in [0.2, 0.25) is 0 Å². The van der Waals surface area contributed by atoms with E-state index in [0.717, 1.165) is 12.6 Å². The first-order chi connectivity index (χ1) is 13.9. The number of nitrogens with one attached hydrogen (secondary N) is 1. The number of benzene rings is 1. The zero-order valence-electron chi connectivity index (χ0n) is 15.1. The molecule has 3 fully saturated rings. The molecule has 2 atom stereocenters. The van der Waals surface area contributed by atoms with Crippen LogP contribution in [0.25, 0.3) is 22.4 Å². The van der Waals surface area contributed by atoms with Crippen molar-refractivity contribution in [2.24, 2.45) is 0 Å². The zero-order valence-corrected chi connectivity index (χ0v) is 15.1. The third kappa shape index (κ3) is 3.28. The number of pyridine rings is 1. The van der Waals surface area contributed by atoms with E-state index in [1.54, 1.807) is 0 Å². The van der Waals surface area contributed by atoms with Crippen LogP contribution in [-0.2, 0) is 0 Å². The summed E-state index contributed by atoms with van der Waals surface area (Å²) in [6.45, 7) is -0.0888. The van der Waals surface area contributed by atoms with Crippen LogP contribution < -0.4 is 15.0 Å². The average Bonchev–Trinajstić information content (AvgIpc) is 3.15. The van der Waals surface area contributed by atoms with Crippen LogP contribution in [0.1, 0.15) is 6.42 Å². The number of aliphatic hydroxyl groups is 1. The summed E-state index contributed by atoms with van der Waals surface area (Å²) in [7, 11) is 0. The number of fused-ring (bicyclic) bond motifs is 3. The van der Waals surface area contributed by atoms with Gasteiger partial charge in [0.25, 0.3) is 6.01 Å². The van der Waals surface area contributed by atoms with Crippen molar-refractivity contribution in [2.75, 3.05) is 24.6 Å². The van der Waals surface area contributed by atoms with E-state index >= 15 is 0 Å². The van der Waals surface area contributed by atoms with Crippen molar-refractivity contribution < 1.29 is 27.4 Å². The molecule has 1 aromatic carbocycles. The number of hydrogen-bond acceptors (Lipinski definition) is 7. The van der Waals surface area contributed by atoms with Gasteiger partial charge in [-0.05, 0) is 30.7 Å². The number of piperidine rings is 1. The molecule has 6 rings (SSSR count). The van der Waals surface area contributed by atoms with Crippen LogP contribution >= 0.6 is 0 Å². The topological polar surface area (TPSA) is 83.7 Å². The van der Waals surface area contributed by atoms with Crippen LogP contribution in [0.3, 0.4) is 0 Å². The highest BCUT2D eigenvalue weighted by atomic mass is 19.3. The molecule has 0 saturated carbocycles. The Bertz CT molecular complexity index is 1040. The molecule has 5 heterocycles. The maximum Gasteiger partial charge on any atom is 0.421 e. The maximum absolute atomic E-state index is 13.6. The number of ether oxygens (including phenoxy) is 1. The first kappa shape index (κ1) is 18.2. The Labute approximate surface area is 163 Å². The lowest BCUT2D eigenvalue weighted by Gasteiger charge is -2.47. The van der Waals surface area contributed by atoms with Gasteiger partial charge in [0.1, 0.15) is 12.4 Å². The van der Waals surface area contributed by atoms with Gasteiger partial charge >= 0.3 is 6.11 Å². The predicted molar refractivity (Wildman–Crippen MR) is 97.4 cm³/mol. The first-order valence-corrected chi connectivity index (χ1v) is 9.16. The minimum Gasteiger partial charge on any atom is -0.428 e. The van der Waals surface area contributed by atoms with Gasteiger partial charge < -0.3 is 24.5 Å². The van der Waals surface area contributed by atoms with Gasteiger partial charge in [-0.25, -0.2) is 4.39 Å². The minimum atomic E-state index is -3.77. The molecule has 3 saturated heterocycles. The molecule has 152 valence electrons. The number of hydrogen-bond donors (Lipinski definition) is 2. The van der Waals surface area contributed by atoms with Gasteiger partial charge in [-0.2, -0.15) is 13.8 Å². The summed E-state index contributed by atoms with van der Waals surface area (Å²) in [6, 6.07) is 6.51. The van der Waals surface area contributed by atoms with E-state index in [1.807, 2.05) is 4.90 Å². The molecule has 7 nitrogen and oxygen atoms in total. The van der Waals surface area contributed by atoms with Crippen LogP contribution in [0.15, 0.2) is 34.9 Å². The highest BCUT2D eigenvalue weighted by molar-refractivity contribution is 5.94. The fourth-order valence-corrected chi connectivity index (χ4v) is 3.79. The Morgan fingerprint density at radius 2 is 2.00 bits per heavy atom. The van der Waals surface area contributed by atoms with Gasteiger partial charge in [0.05, 0.1) is 11.9 Å². The van der Waals surface area contributed by atoms with Crippen molar-refractivity contribution in [3.8, 4) is 17.0 Å². The summed E-state index contributed by atoms with van der Waals surface area (Å²) >= 11 is 0. The number of aliphatic hydroxyl groups excluding tert-OH is 1. The monoisotopic (exact) mass is 406 g/mol. The number of anilines is 1. The molecule has 3 aliphatic rings. The number of oxazole rings is 1. The number of alkyl halides is 2.